The highest BCUT2D eigenvalue weighted by atomic mass is 16.5. The van der Waals surface area contributed by atoms with Crippen LogP contribution in [0.4, 0.5) is 5.69 Å². The average Bonchev–Trinajstić information content (AvgIpc) is 3.25. The second-order valence-electron chi connectivity index (χ2n) is 7.17. The van der Waals surface area contributed by atoms with Crippen LogP contribution in [0.2, 0.25) is 0 Å². The Morgan fingerprint density at radius 1 is 0.893 bits per heavy atom. The fourth-order valence-electron chi connectivity index (χ4n) is 3.45. The van der Waals surface area contributed by atoms with Crippen molar-refractivity contribution in [2.45, 2.75) is 38.5 Å². The highest BCUT2D eigenvalue weighted by Gasteiger charge is 2.17. The van der Waals surface area contributed by atoms with E-state index in [9.17, 15) is 14.4 Å². The number of anilines is 1. The van der Waals surface area contributed by atoms with Crippen molar-refractivity contribution in [3.05, 3.63) is 65.7 Å². The van der Waals surface area contributed by atoms with E-state index in [0.717, 1.165) is 6.42 Å². The second kappa shape index (κ2) is 9.83. The monoisotopic (exact) mass is 379 g/mol. The van der Waals surface area contributed by atoms with Crippen LogP contribution in [0, 0.1) is 5.92 Å². The number of nitrogens with one attached hydrogen (secondary N) is 1. The van der Waals surface area contributed by atoms with Gasteiger partial charge in [-0.15, -0.1) is 0 Å². The summed E-state index contributed by atoms with van der Waals surface area (Å²) in [6, 6.07) is 15.5. The van der Waals surface area contributed by atoms with Crippen molar-refractivity contribution in [3.8, 4) is 0 Å². The molecule has 0 radical (unpaired) electrons. The topological polar surface area (TPSA) is 72.5 Å². The van der Waals surface area contributed by atoms with Crippen molar-refractivity contribution in [1.29, 1.82) is 0 Å². The Morgan fingerprint density at radius 3 is 2.25 bits per heavy atom. The average molecular weight is 379 g/mol. The molecular formula is C23H25NO4. The molecule has 1 amide bonds. The van der Waals surface area contributed by atoms with Gasteiger partial charge >= 0.3 is 5.97 Å². The molecule has 5 heteroatoms. The van der Waals surface area contributed by atoms with Gasteiger partial charge in [-0.3, -0.25) is 14.4 Å². The molecule has 28 heavy (non-hydrogen) atoms. The van der Waals surface area contributed by atoms with Gasteiger partial charge in [-0.05, 0) is 48.7 Å². The van der Waals surface area contributed by atoms with E-state index in [1.54, 1.807) is 48.5 Å². The van der Waals surface area contributed by atoms with Crippen LogP contribution in [0.5, 0.6) is 0 Å². The summed E-state index contributed by atoms with van der Waals surface area (Å²) in [6.07, 6.45) is 6.12. The first-order valence-electron chi connectivity index (χ1n) is 9.77. The van der Waals surface area contributed by atoms with Crippen LogP contribution in [0.15, 0.2) is 54.6 Å². The minimum atomic E-state index is -0.313. The van der Waals surface area contributed by atoms with Gasteiger partial charge < -0.3 is 10.1 Å². The van der Waals surface area contributed by atoms with Gasteiger partial charge in [-0.1, -0.05) is 43.9 Å². The third kappa shape index (κ3) is 5.78. The molecule has 1 fully saturated rings. The Hall–Kier alpha value is -2.95. The number of hydrogen-bond acceptors (Lipinski definition) is 4. The lowest BCUT2D eigenvalue weighted by Gasteiger charge is -2.09. The lowest BCUT2D eigenvalue weighted by Crippen LogP contribution is -2.15. The summed E-state index contributed by atoms with van der Waals surface area (Å²) in [5, 5.41) is 2.78. The summed E-state index contributed by atoms with van der Waals surface area (Å²) in [4.78, 5) is 36.2. The molecule has 3 rings (SSSR count). The van der Waals surface area contributed by atoms with Crippen molar-refractivity contribution in [3.63, 3.8) is 0 Å². The van der Waals surface area contributed by atoms with E-state index in [-0.39, 0.29) is 24.3 Å². The van der Waals surface area contributed by atoms with E-state index in [0.29, 0.717) is 29.2 Å². The molecule has 1 N–H and O–H groups in total. The number of rotatable bonds is 8. The van der Waals surface area contributed by atoms with Crippen molar-refractivity contribution >= 4 is 23.3 Å². The summed E-state index contributed by atoms with van der Waals surface area (Å²) in [5.41, 5.74) is 1.60. The van der Waals surface area contributed by atoms with Crippen molar-refractivity contribution in [2.75, 3.05) is 11.9 Å². The van der Waals surface area contributed by atoms with Crippen molar-refractivity contribution in [1.82, 2.24) is 0 Å². The molecule has 1 aliphatic rings. The molecule has 0 aromatic heterocycles. The van der Waals surface area contributed by atoms with E-state index in [1.807, 2.05) is 6.07 Å². The minimum Gasteiger partial charge on any atom is -0.457 e. The number of carbonyl (C=O) groups excluding carboxylic acids is 3. The molecule has 1 aliphatic carbocycles. The van der Waals surface area contributed by atoms with Crippen LogP contribution < -0.4 is 5.32 Å². The summed E-state index contributed by atoms with van der Waals surface area (Å²) < 4.78 is 5.11. The summed E-state index contributed by atoms with van der Waals surface area (Å²) >= 11 is 0. The second-order valence-corrected chi connectivity index (χ2v) is 7.17. The van der Waals surface area contributed by atoms with Gasteiger partial charge in [0.05, 0.1) is 0 Å². The zero-order chi connectivity index (χ0) is 19.8. The summed E-state index contributed by atoms with van der Waals surface area (Å²) in [6.45, 7) is -0.251. The smallest absolute Gasteiger partial charge is 0.306 e. The Kier molecular flexibility index (Phi) is 6.95. The van der Waals surface area contributed by atoms with Gasteiger partial charge in [0, 0.05) is 23.2 Å². The minimum absolute atomic E-state index is 0.212. The van der Waals surface area contributed by atoms with E-state index >= 15 is 0 Å². The van der Waals surface area contributed by atoms with Crippen LogP contribution in [-0.4, -0.2) is 24.3 Å². The number of esters is 1. The lowest BCUT2D eigenvalue weighted by molar-refractivity contribution is -0.142. The highest BCUT2D eigenvalue weighted by Crippen LogP contribution is 2.28. The number of benzene rings is 2. The van der Waals surface area contributed by atoms with Crippen LogP contribution in [-0.2, 0) is 9.53 Å². The fourth-order valence-corrected chi connectivity index (χ4v) is 3.45. The number of Topliss-reactive ketones (excluding diaryl/α,β-unsaturated/α-hetero) is 1. The fraction of sp³-hybridized carbons (Fsp3) is 0.348. The molecule has 1 saturated carbocycles. The quantitative estimate of drug-likeness (QED) is 0.536. The molecule has 0 spiro atoms. The molecule has 0 saturated heterocycles. The standard InChI is InChI=1S/C23H25NO4/c25-21(16-28-22(26)15-10-17-6-4-5-7-17)18-11-13-20(14-12-18)24-23(27)19-8-2-1-3-9-19/h1-3,8-9,11-14,17H,4-7,10,15-16H2,(H,24,27). The molecule has 5 nitrogen and oxygen atoms in total. The predicted molar refractivity (Wildman–Crippen MR) is 107 cm³/mol. The third-order valence-corrected chi connectivity index (χ3v) is 5.10. The van der Waals surface area contributed by atoms with Gasteiger partial charge in [-0.25, -0.2) is 0 Å². The Bertz CT molecular complexity index is 808. The largest absolute Gasteiger partial charge is 0.457 e. The molecule has 0 bridgehead atoms. The van der Waals surface area contributed by atoms with E-state index in [1.165, 1.54) is 25.7 Å². The first-order chi connectivity index (χ1) is 13.6. The SMILES string of the molecule is O=C(CCC1CCCC1)OCC(=O)c1ccc(NC(=O)c2ccccc2)cc1. The summed E-state index contributed by atoms with van der Waals surface area (Å²) in [5.74, 6) is -0.153. The molecule has 0 heterocycles. The maximum Gasteiger partial charge on any atom is 0.306 e. The number of ketones is 1. The molecule has 2 aromatic rings. The molecule has 146 valence electrons. The number of amides is 1. The number of carbonyl (C=O) groups is 3. The van der Waals surface area contributed by atoms with Crippen LogP contribution in [0.3, 0.4) is 0 Å². The normalized spacial score (nSPS) is 13.9. The predicted octanol–water partition coefficient (Wildman–Crippen LogP) is 4.64. The Labute approximate surface area is 165 Å². The Balaban J connectivity index is 1.44. The van der Waals surface area contributed by atoms with Crippen molar-refractivity contribution in [2.24, 2.45) is 5.92 Å². The van der Waals surface area contributed by atoms with Crippen LogP contribution in [0.1, 0.15) is 59.2 Å². The van der Waals surface area contributed by atoms with Gasteiger partial charge in [-0.2, -0.15) is 0 Å². The van der Waals surface area contributed by atoms with Crippen LogP contribution >= 0.6 is 0 Å². The first-order valence-corrected chi connectivity index (χ1v) is 9.77. The van der Waals surface area contributed by atoms with Gasteiger partial charge in [0.25, 0.3) is 5.91 Å². The number of ether oxygens (including phenoxy) is 1. The maximum absolute atomic E-state index is 12.2. The Morgan fingerprint density at radius 2 is 1.57 bits per heavy atom. The van der Waals surface area contributed by atoms with Crippen molar-refractivity contribution < 1.29 is 19.1 Å². The van der Waals surface area contributed by atoms with Gasteiger partial charge in [0.2, 0.25) is 0 Å². The highest BCUT2D eigenvalue weighted by molar-refractivity contribution is 6.04. The zero-order valence-electron chi connectivity index (χ0n) is 15.9. The lowest BCUT2D eigenvalue weighted by atomic mass is 10.0. The molecular weight excluding hydrogens is 354 g/mol. The van der Waals surface area contributed by atoms with E-state index in [4.69, 9.17) is 4.74 Å². The third-order valence-electron chi connectivity index (χ3n) is 5.10. The summed E-state index contributed by atoms with van der Waals surface area (Å²) in [7, 11) is 0. The van der Waals surface area contributed by atoms with Gasteiger partial charge in [0.1, 0.15) is 0 Å². The maximum atomic E-state index is 12.2. The molecule has 2 aromatic carbocycles. The zero-order valence-corrected chi connectivity index (χ0v) is 15.9. The molecule has 0 atom stereocenters. The van der Waals surface area contributed by atoms with Gasteiger partial charge in [0.15, 0.2) is 12.4 Å². The van der Waals surface area contributed by atoms with E-state index < -0.39 is 0 Å². The molecule has 0 aliphatic heterocycles. The number of hydrogen-bond donors (Lipinski definition) is 1. The van der Waals surface area contributed by atoms with E-state index in [2.05, 4.69) is 5.32 Å². The first kappa shape index (κ1) is 19.8. The molecule has 0 unspecified atom stereocenters. The van der Waals surface area contributed by atoms with Crippen LogP contribution in [0.25, 0.3) is 0 Å².